The van der Waals surface area contributed by atoms with Gasteiger partial charge in [0.25, 0.3) is 5.91 Å². The van der Waals surface area contributed by atoms with Crippen LogP contribution in [-0.2, 0) is 21.7 Å². The predicted octanol–water partition coefficient (Wildman–Crippen LogP) is 4.45. The zero-order valence-corrected chi connectivity index (χ0v) is 24.5. The van der Waals surface area contributed by atoms with Crippen molar-refractivity contribution in [2.45, 2.75) is 11.1 Å². The van der Waals surface area contributed by atoms with Gasteiger partial charge in [0, 0.05) is 37.0 Å². The number of amides is 1. The number of rotatable bonds is 8. The molecule has 17 heteroatoms. The maximum atomic E-state index is 14.1. The molecule has 12 nitrogen and oxygen atoms in total. The van der Waals surface area contributed by atoms with Gasteiger partial charge in [0.1, 0.15) is 21.7 Å². The van der Waals surface area contributed by atoms with Gasteiger partial charge in [-0.1, -0.05) is 24.3 Å². The monoisotopic (exact) mass is 646 g/mol. The van der Waals surface area contributed by atoms with Crippen LogP contribution in [-0.4, -0.2) is 63.1 Å². The first-order valence-electron chi connectivity index (χ1n) is 12.9. The first-order chi connectivity index (χ1) is 21.0. The molecule has 3 heterocycles. The van der Waals surface area contributed by atoms with Crippen LogP contribution in [0.25, 0.3) is 22.4 Å². The number of benzene rings is 2. The highest BCUT2D eigenvalue weighted by Crippen LogP contribution is 2.41. The second-order valence-corrected chi connectivity index (χ2v) is 11.5. The molecule has 44 heavy (non-hydrogen) atoms. The second kappa shape index (κ2) is 12.6. The fourth-order valence-electron chi connectivity index (χ4n) is 4.64. The van der Waals surface area contributed by atoms with E-state index in [1.54, 1.807) is 29.2 Å². The van der Waals surface area contributed by atoms with Gasteiger partial charge in [-0.05, 0) is 42.9 Å². The van der Waals surface area contributed by atoms with Gasteiger partial charge in [-0.15, -0.1) is 0 Å². The van der Waals surface area contributed by atoms with Crippen LogP contribution in [0.2, 0.25) is 0 Å². The topological polar surface area (TPSA) is 152 Å². The normalized spacial score (nSPS) is 14.5. The average molecular weight is 647 g/mol. The quantitative estimate of drug-likeness (QED) is 0.166. The van der Waals surface area contributed by atoms with E-state index in [2.05, 4.69) is 14.7 Å². The maximum absolute atomic E-state index is 14.1. The molecule has 0 aliphatic carbocycles. The number of nitrogens with one attached hydrogen (secondary N) is 1. The van der Waals surface area contributed by atoms with Crippen LogP contribution in [0.1, 0.15) is 16.4 Å². The van der Waals surface area contributed by atoms with E-state index in [0.717, 1.165) is 6.07 Å². The lowest BCUT2D eigenvalue weighted by Crippen LogP contribution is -2.49. The molecule has 4 aromatic rings. The SMILES string of the molecule is CNS(=O)c1ccc(-c2c(-c3ccc(P=O)cc3)nc(C(F)(F)F)nc2N2CCN(C(=O)c3ccc([N+](=O)[O-])o3)CC2)cc1. The molecule has 1 fully saturated rings. The Morgan fingerprint density at radius 2 is 1.64 bits per heavy atom. The molecular weight excluding hydrogens is 624 g/mol. The van der Waals surface area contributed by atoms with Crippen molar-refractivity contribution in [2.24, 2.45) is 0 Å². The molecule has 1 saturated heterocycles. The molecule has 228 valence electrons. The molecule has 0 radical (unpaired) electrons. The molecule has 2 aromatic heterocycles. The van der Waals surface area contributed by atoms with Crippen molar-refractivity contribution in [1.29, 1.82) is 0 Å². The lowest BCUT2D eigenvalue weighted by Gasteiger charge is -2.36. The maximum Gasteiger partial charge on any atom is 0.451 e. The van der Waals surface area contributed by atoms with Gasteiger partial charge in [0.2, 0.25) is 5.82 Å². The van der Waals surface area contributed by atoms with Crippen LogP contribution in [0.4, 0.5) is 24.9 Å². The number of anilines is 1. The van der Waals surface area contributed by atoms with E-state index in [4.69, 9.17) is 4.42 Å². The van der Waals surface area contributed by atoms with Crippen molar-refractivity contribution in [2.75, 3.05) is 38.1 Å². The Morgan fingerprint density at radius 3 is 2.18 bits per heavy atom. The molecule has 1 N–H and O–H groups in total. The smallest absolute Gasteiger partial charge is 0.395 e. The highest BCUT2D eigenvalue weighted by Gasteiger charge is 2.38. The van der Waals surface area contributed by atoms with Crippen LogP contribution >= 0.6 is 8.46 Å². The van der Waals surface area contributed by atoms with Crippen molar-refractivity contribution in [3.63, 3.8) is 0 Å². The molecule has 0 bridgehead atoms. The van der Waals surface area contributed by atoms with E-state index in [0.29, 0.717) is 21.3 Å². The Kier molecular flexibility index (Phi) is 8.85. The van der Waals surface area contributed by atoms with Gasteiger partial charge in [-0.3, -0.25) is 19.5 Å². The molecular formula is C27H22F3N6O6PS. The minimum Gasteiger partial charge on any atom is -0.395 e. The van der Waals surface area contributed by atoms with E-state index >= 15 is 0 Å². The van der Waals surface area contributed by atoms with Crippen molar-refractivity contribution < 1.29 is 36.1 Å². The summed E-state index contributed by atoms with van der Waals surface area (Å²) in [5.41, 5.74) is 1.01. The summed E-state index contributed by atoms with van der Waals surface area (Å²) in [6.07, 6.45) is -4.89. The highest BCUT2D eigenvalue weighted by atomic mass is 32.2. The van der Waals surface area contributed by atoms with E-state index in [-0.39, 0.29) is 57.5 Å². The fraction of sp³-hybridized carbons (Fsp3) is 0.222. The second-order valence-electron chi connectivity index (χ2n) is 9.40. The van der Waals surface area contributed by atoms with Crippen LogP contribution in [0.5, 0.6) is 0 Å². The van der Waals surface area contributed by atoms with Crippen molar-refractivity contribution in [3.8, 4) is 22.4 Å². The molecule has 2 aromatic carbocycles. The summed E-state index contributed by atoms with van der Waals surface area (Å²) in [6, 6.07) is 14.7. The number of nitrogens with zero attached hydrogens (tertiary/aromatic N) is 5. The number of carbonyl (C=O) groups is 1. The van der Waals surface area contributed by atoms with Crippen LogP contribution < -0.4 is 14.9 Å². The summed E-state index contributed by atoms with van der Waals surface area (Å²) in [4.78, 5) is 34.4. The number of furan rings is 1. The Hall–Kier alpha value is -4.53. The van der Waals surface area contributed by atoms with E-state index < -0.39 is 39.7 Å². The summed E-state index contributed by atoms with van der Waals surface area (Å²) >= 11 is 0. The van der Waals surface area contributed by atoms with Crippen molar-refractivity contribution >= 4 is 42.4 Å². The lowest BCUT2D eigenvalue weighted by molar-refractivity contribution is -0.402. The van der Waals surface area contributed by atoms with Gasteiger partial charge >= 0.3 is 12.1 Å². The first-order valence-corrected chi connectivity index (χ1v) is 14.9. The van der Waals surface area contributed by atoms with E-state index in [1.807, 2.05) is 0 Å². The molecule has 1 amide bonds. The van der Waals surface area contributed by atoms with Crippen LogP contribution in [0, 0.1) is 10.1 Å². The first kappa shape index (κ1) is 30.9. The minimum atomic E-state index is -4.89. The summed E-state index contributed by atoms with van der Waals surface area (Å²) in [5, 5.41) is 11.4. The Labute approximate surface area is 251 Å². The number of hydrogen-bond donors (Lipinski definition) is 1. The standard InChI is InChI=1S/C27H22F3N6O6PS/c1-31-44(41)19-8-4-16(5-9-19)22-23(17-2-6-18(43-40)7-3-17)32-26(27(28,29)30)33-24(22)34-12-14-35(15-13-34)25(37)20-10-11-21(42-20)36(38)39/h2-11,31H,12-15H2,1H3. The molecule has 1 aliphatic heterocycles. The summed E-state index contributed by atoms with van der Waals surface area (Å²) in [5.74, 6) is -2.81. The average Bonchev–Trinajstić information content (AvgIpc) is 3.54. The fourth-order valence-corrected chi connectivity index (χ4v) is 5.53. The number of halogens is 3. The van der Waals surface area contributed by atoms with Crippen molar-refractivity contribution in [1.82, 2.24) is 19.6 Å². The number of nitro groups is 1. The van der Waals surface area contributed by atoms with Gasteiger partial charge in [-0.2, -0.15) is 13.2 Å². The van der Waals surface area contributed by atoms with Gasteiger partial charge in [0.05, 0.1) is 22.2 Å². The number of carbonyl (C=O) groups excluding carboxylic acids is 1. The van der Waals surface area contributed by atoms with Crippen LogP contribution in [0.3, 0.4) is 0 Å². The third kappa shape index (κ3) is 6.37. The van der Waals surface area contributed by atoms with Gasteiger partial charge < -0.3 is 14.2 Å². The van der Waals surface area contributed by atoms with E-state index in [1.165, 1.54) is 42.3 Å². The Bertz CT molecular complexity index is 1740. The van der Waals surface area contributed by atoms with Gasteiger partial charge in [-0.25, -0.2) is 18.9 Å². The number of piperazine rings is 1. The molecule has 5 rings (SSSR count). The van der Waals surface area contributed by atoms with E-state index in [9.17, 15) is 36.9 Å². The number of aromatic nitrogens is 2. The highest BCUT2D eigenvalue weighted by molar-refractivity contribution is 7.83. The minimum absolute atomic E-state index is 0.0275. The van der Waals surface area contributed by atoms with Crippen molar-refractivity contribution in [3.05, 3.63) is 82.4 Å². The molecule has 1 unspecified atom stereocenters. The summed E-state index contributed by atoms with van der Waals surface area (Å²) < 4.78 is 73.6. The largest absolute Gasteiger partial charge is 0.451 e. The Morgan fingerprint density at radius 1 is 1.00 bits per heavy atom. The zero-order valence-electron chi connectivity index (χ0n) is 22.8. The molecule has 0 spiro atoms. The Balaban J connectivity index is 1.58. The summed E-state index contributed by atoms with van der Waals surface area (Å²) in [6.45, 7) is 0.270. The predicted molar refractivity (Wildman–Crippen MR) is 154 cm³/mol. The molecule has 1 aliphatic rings. The zero-order chi connectivity index (χ0) is 31.6. The van der Waals surface area contributed by atoms with Crippen LogP contribution in [0.15, 0.2) is 70.0 Å². The third-order valence-corrected chi connectivity index (χ3v) is 8.36. The molecule has 1 atom stereocenters. The molecule has 0 saturated carbocycles. The third-order valence-electron chi connectivity index (χ3n) is 6.78. The lowest BCUT2D eigenvalue weighted by atomic mass is 9.98. The van der Waals surface area contributed by atoms with Gasteiger partial charge in [0.15, 0.2) is 14.2 Å². The number of alkyl halides is 3. The number of hydrogen-bond acceptors (Lipinski definition) is 9. The summed E-state index contributed by atoms with van der Waals surface area (Å²) in [7, 11) is -0.241.